The van der Waals surface area contributed by atoms with Gasteiger partial charge >= 0.3 is 6.03 Å². The highest BCUT2D eigenvalue weighted by molar-refractivity contribution is 7.89. The van der Waals surface area contributed by atoms with Crippen molar-refractivity contribution >= 4 is 33.6 Å². The average Bonchev–Trinajstić information content (AvgIpc) is 3.28. The van der Waals surface area contributed by atoms with E-state index in [1.807, 2.05) is 0 Å². The number of ether oxygens (including phenoxy) is 2. The molecule has 2 fully saturated rings. The number of hydrogen-bond acceptors (Lipinski definition) is 7. The van der Waals surface area contributed by atoms with Crippen molar-refractivity contribution in [3.63, 3.8) is 0 Å². The molecule has 0 bridgehead atoms. The number of rotatable bonds is 6. The number of carbonyl (C=O) groups excluding carboxylic acids is 3. The summed E-state index contributed by atoms with van der Waals surface area (Å²) in [4.78, 5) is 39.6. The summed E-state index contributed by atoms with van der Waals surface area (Å²) in [6.07, 6.45) is 3.62. The van der Waals surface area contributed by atoms with E-state index in [9.17, 15) is 22.8 Å². The Bertz CT molecular complexity index is 1350. The lowest BCUT2D eigenvalue weighted by Crippen LogP contribution is -2.42. The van der Waals surface area contributed by atoms with Crippen molar-refractivity contribution in [3.05, 3.63) is 48.0 Å². The Morgan fingerprint density at radius 1 is 1.03 bits per heavy atom. The average molecular weight is 529 g/mol. The first-order valence-electron chi connectivity index (χ1n) is 12.1. The largest absolute Gasteiger partial charge is 0.454 e. The molecule has 3 aliphatic heterocycles. The van der Waals surface area contributed by atoms with Crippen LogP contribution in [0.3, 0.4) is 0 Å². The van der Waals surface area contributed by atoms with Crippen LogP contribution in [0.2, 0.25) is 0 Å². The monoisotopic (exact) mass is 528 g/mol. The van der Waals surface area contributed by atoms with Crippen molar-refractivity contribution in [2.75, 3.05) is 31.7 Å². The Kier molecular flexibility index (Phi) is 6.54. The molecule has 1 atom stereocenters. The number of hydrogen-bond donors (Lipinski definition) is 2. The van der Waals surface area contributed by atoms with Gasteiger partial charge in [-0.05, 0) is 55.7 Å². The second kappa shape index (κ2) is 9.67. The minimum absolute atomic E-state index is 0.0721. The fourth-order valence-electron chi connectivity index (χ4n) is 4.75. The maximum atomic E-state index is 13.2. The van der Waals surface area contributed by atoms with Gasteiger partial charge in [-0.25, -0.2) is 13.2 Å². The number of benzene rings is 2. The van der Waals surface area contributed by atoms with Crippen LogP contribution >= 0.6 is 0 Å². The molecule has 2 N–H and O–H groups in total. The summed E-state index contributed by atoms with van der Waals surface area (Å²) in [6.45, 7) is 2.02. The molecule has 37 heavy (non-hydrogen) atoms. The highest BCUT2D eigenvalue weighted by atomic mass is 32.2. The maximum Gasteiger partial charge on any atom is 0.325 e. The van der Waals surface area contributed by atoms with Gasteiger partial charge < -0.3 is 20.1 Å². The Labute approximate surface area is 214 Å². The molecule has 2 saturated heterocycles. The second-order valence-corrected chi connectivity index (χ2v) is 11.3. The first-order valence-corrected chi connectivity index (χ1v) is 13.6. The van der Waals surface area contributed by atoms with Crippen molar-refractivity contribution in [2.24, 2.45) is 0 Å². The lowest BCUT2D eigenvalue weighted by atomic mass is 9.91. The van der Waals surface area contributed by atoms with Crippen LogP contribution in [0.1, 0.15) is 38.2 Å². The van der Waals surface area contributed by atoms with Gasteiger partial charge in [0.05, 0.1) is 4.90 Å². The zero-order chi connectivity index (χ0) is 26.2. The number of anilines is 1. The van der Waals surface area contributed by atoms with Gasteiger partial charge in [-0.2, -0.15) is 4.31 Å². The summed E-state index contributed by atoms with van der Waals surface area (Å²) in [5.74, 6) is -0.223. The van der Waals surface area contributed by atoms with Crippen molar-refractivity contribution in [3.8, 4) is 11.5 Å². The van der Waals surface area contributed by atoms with Crippen molar-refractivity contribution in [1.82, 2.24) is 14.5 Å². The molecule has 0 saturated carbocycles. The molecule has 2 aromatic carbocycles. The van der Waals surface area contributed by atoms with E-state index >= 15 is 0 Å². The summed E-state index contributed by atoms with van der Waals surface area (Å²) >= 11 is 0. The lowest BCUT2D eigenvalue weighted by Gasteiger charge is -2.22. The summed E-state index contributed by atoms with van der Waals surface area (Å²) in [6, 6.07) is 10.2. The number of imide groups is 1. The molecule has 3 aliphatic rings. The minimum Gasteiger partial charge on any atom is -0.454 e. The van der Waals surface area contributed by atoms with Crippen molar-refractivity contribution < 1.29 is 32.3 Å². The van der Waals surface area contributed by atoms with Gasteiger partial charge in [-0.15, -0.1) is 0 Å². The van der Waals surface area contributed by atoms with Crippen LogP contribution in [0, 0.1) is 0 Å². The molecule has 0 aromatic heterocycles. The van der Waals surface area contributed by atoms with E-state index in [0.29, 0.717) is 30.2 Å². The van der Waals surface area contributed by atoms with E-state index in [-0.39, 0.29) is 17.4 Å². The second-order valence-electron chi connectivity index (χ2n) is 9.41. The highest BCUT2D eigenvalue weighted by Crippen LogP contribution is 2.37. The normalized spacial score (nSPS) is 22.0. The van der Waals surface area contributed by atoms with Crippen LogP contribution in [0.5, 0.6) is 11.5 Å². The molecule has 0 spiro atoms. The Morgan fingerprint density at radius 3 is 2.51 bits per heavy atom. The highest BCUT2D eigenvalue weighted by Gasteiger charge is 2.50. The van der Waals surface area contributed by atoms with Gasteiger partial charge in [0.15, 0.2) is 11.5 Å². The van der Waals surface area contributed by atoms with E-state index in [1.165, 1.54) is 16.4 Å². The Hall–Kier alpha value is -3.64. The van der Waals surface area contributed by atoms with Gasteiger partial charge in [0.1, 0.15) is 12.1 Å². The molecule has 196 valence electrons. The maximum absolute atomic E-state index is 13.2. The zero-order valence-electron chi connectivity index (χ0n) is 20.4. The third kappa shape index (κ3) is 4.74. The molecule has 12 heteroatoms. The van der Waals surface area contributed by atoms with E-state index in [2.05, 4.69) is 10.6 Å². The lowest BCUT2D eigenvalue weighted by molar-refractivity contribution is -0.133. The summed E-state index contributed by atoms with van der Waals surface area (Å²) in [7, 11) is -3.70. The standard InChI is InChI=1S/C25H28N4O7S/c1-25(17-9-10-20-21(13-17)36-16-35-20)23(31)29(24(32)27-25)15-22(30)26-18-7-6-8-19(14-18)37(33,34)28-11-4-2-3-5-12-28/h6-10,13-14H,2-5,11-12,15-16H2,1H3,(H,26,30)(H,27,32)/t25-/m0/s1. The number of carbonyl (C=O) groups is 3. The van der Waals surface area contributed by atoms with E-state index < -0.39 is 40.0 Å². The van der Waals surface area contributed by atoms with E-state index in [0.717, 1.165) is 30.6 Å². The number of nitrogens with one attached hydrogen (secondary N) is 2. The molecule has 5 rings (SSSR count). The fourth-order valence-corrected chi connectivity index (χ4v) is 6.32. The molecule has 11 nitrogen and oxygen atoms in total. The van der Waals surface area contributed by atoms with Gasteiger partial charge in [0.2, 0.25) is 22.7 Å². The first-order chi connectivity index (χ1) is 17.7. The van der Waals surface area contributed by atoms with Gasteiger partial charge in [0, 0.05) is 18.8 Å². The predicted molar refractivity (Wildman–Crippen MR) is 132 cm³/mol. The SMILES string of the molecule is C[C@@]1(c2ccc3c(c2)OCO3)NC(=O)N(CC(=O)Nc2cccc(S(=O)(=O)N3CCCCCC3)c2)C1=O. The molecule has 2 aromatic rings. The smallest absolute Gasteiger partial charge is 0.325 e. The Balaban J connectivity index is 1.28. The number of urea groups is 1. The summed E-state index contributed by atoms with van der Waals surface area (Å²) in [5, 5.41) is 5.26. The molecule has 0 unspecified atom stereocenters. The topological polar surface area (TPSA) is 134 Å². The molecule has 3 heterocycles. The van der Waals surface area contributed by atoms with Gasteiger partial charge in [-0.3, -0.25) is 14.5 Å². The van der Waals surface area contributed by atoms with Gasteiger partial charge in [-0.1, -0.05) is 25.0 Å². The third-order valence-corrected chi connectivity index (χ3v) is 8.74. The Morgan fingerprint density at radius 2 is 1.76 bits per heavy atom. The van der Waals surface area contributed by atoms with Crippen LogP contribution < -0.4 is 20.1 Å². The molecular formula is C25H28N4O7S. The van der Waals surface area contributed by atoms with E-state index in [1.54, 1.807) is 37.3 Å². The third-order valence-electron chi connectivity index (χ3n) is 6.85. The van der Waals surface area contributed by atoms with Crippen LogP contribution in [-0.2, 0) is 25.2 Å². The van der Waals surface area contributed by atoms with Crippen LogP contribution in [0.4, 0.5) is 10.5 Å². The number of fused-ring (bicyclic) bond motifs is 1. The van der Waals surface area contributed by atoms with E-state index in [4.69, 9.17) is 9.47 Å². The van der Waals surface area contributed by atoms with Crippen LogP contribution in [0.25, 0.3) is 0 Å². The quantitative estimate of drug-likeness (QED) is 0.550. The molecule has 0 aliphatic carbocycles. The van der Waals surface area contributed by atoms with Gasteiger partial charge in [0.25, 0.3) is 5.91 Å². The number of nitrogens with zero attached hydrogens (tertiary/aromatic N) is 2. The molecular weight excluding hydrogens is 500 g/mol. The number of amides is 4. The summed E-state index contributed by atoms with van der Waals surface area (Å²) in [5.41, 5.74) is -0.643. The fraction of sp³-hybridized carbons (Fsp3) is 0.400. The van der Waals surface area contributed by atoms with Crippen LogP contribution in [0.15, 0.2) is 47.4 Å². The molecule has 4 amide bonds. The van der Waals surface area contributed by atoms with Crippen molar-refractivity contribution in [2.45, 2.75) is 43.0 Å². The van der Waals surface area contributed by atoms with Crippen LogP contribution in [-0.4, -0.2) is 61.9 Å². The zero-order valence-corrected chi connectivity index (χ0v) is 21.2. The molecule has 0 radical (unpaired) electrons. The number of sulfonamides is 1. The summed E-state index contributed by atoms with van der Waals surface area (Å²) < 4.78 is 38.4. The predicted octanol–water partition coefficient (Wildman–Crippen LogP) is 2.39. The minimum atomic E-state index is -3.70. The first kappa shape index (κ1) is 25.0. The van der Waals surface area contributed by atoms with Crippen molar-refractivity contribution in [1.29, 1.82) is 0 Å².